The fourth-order valence-electron chi connectivity index (χ4n) is 2.94. The van der Waals surface area contributed by atoms with Gasteiger partial charge in [-0.05, 0) is 35.4 Å². The summed E-state index contributed by atoms with van der Waals surface area (Å²) in [5.74, 6) is 1.30. The molecule has 24 heavy (non-hydrogen) atoms. The Labute approximate surface area is 140 Å². The highest BCUT2D eigenvalue weighted by Crippen LogP contribution is 2.29. The van der Waals surface area contributed by atoms with Crippen LogP contribution in [0.1, 0.15) is 36.8 Å². The molecule has 5 heteroatoms. The molecule has 1 saturated carbocycles. The van der Waals surface area contributed by atoms with E-state index in [4.69, 9.17) is 9.84 Å². The Kier molecular flexibility index (Phi) is 4.60. The third-order valence-electron chi connectivity index (χ3n) is 4.50. The minimum atomic E-state index is -0.981. The van der Waals surface area contributed by atoms with Gasteiger partial charge < -0.3 is 20.3 Å². The van der Waals surface area contributed by atoms with Crippen molar-refractivity contribution in [1.82, 2.24) is 5.32 Å². The van der Waals surface area contributed by atoms with E-state index >= 15 is 0 Å². The first kappa shape index (κ1) is 16.2. The van der Waals surface area contributed by atoms with Crippen LogP contribution >= 0.6 is 0 Å². The summed E-state index contributed by atoms with van der Waals surface area (Å²) in [5, 5.41) is 20.5. The van der Waals surface area contributed by atoms with Crippen LogP contribution in [0.2, 0.25) is 0 Å². The van der Waals surface area contributed by atoms with E-state index in [2.05, 4.69) is 12.2 Å². The number of benzene rings is 2. The molecule has 0 aliphatic heterocycles. The number of rotatable bonds is 5. The van der Waals surface area contributed by atoms with Gasteiger partial charge in [0.1, 0.15) is 17.6 Å². The minimum Gasteiger partial charge on any atom is -0.508 e. The lowest BCUT2D eigenvalue weighted by molar-refractivity contribution is 0.0834. The summed E-state index contributed by atoms with van der Waals surface area (Å²) in [5.41, 5.74) is 2.31. The predicted molar refractivity (Wildman–Crippen MR) is 90.7 cm³/mol. The molecule has 1 aliphatic rings. The van der Waals surface area contributed by atoms with Gasteiger partial charge in [0.15, 0.2) is 0 Å². The van der Waals surface area contributed by atoms with Crippen molar-refractivity contribution >= 4 is 6.09 Å². The van der Waals surface area contributed by atoms with Gasteiger partial charge in [-0.1, -0.05) is 31.2 Å². The zero-order valence-corrected chi connectivity index (χ0v) is 13.5. The average molecular weight is 327 g/mol. The van der Waals surface area contributed by atoms with Crippen LogP contribution in [0.15, 0.2) is 48.5 Å². The monoisotopic (exact) mass is 327 g/mol. The van der Waals surface area contributed by atoms with Gasteiger partial charge >= 0.3 is 6.09 Å². The van der Waals surface area contributed by atoms with Gasteiger partial charge in [-0.3, -0.25) is 0 Å². The lowest BCUT2D eigenvalue weighted by Crippen LogP contribution is -2.48. The number of ether oxygens (including phenoxy) is 1. The molecule has 3 rings (SSSR count). The molecular formula is C19H21NO4. The van der Waals surface area contributed by atoms with Crippen molar-refractivity contribution in [1.29, 1.82) is 0 Å². The van der Waals surface area contributed by atoms with Crippen LogP contribution in [0.3, 0.4) is 0 Å². The van der Waals surface area contributed by atoms with Gasteiger partial charge in [-0.25, -0.2) is 4.79 Å². The predicted octanol–water partition coefficient (Wildman–Crippen LogP) is 3.72. The first-order valence-corrected chi connectivity index (χ1v) is 8.06. The summed E-state index contributed by atoms with van der Waals surface area (Å²) in [6, 6.07) is 15.2. The maximum Gasteiger partial charge on any atom is 0.404 e. The fourth-order valence-corrected chi connectivity index (χ4v) is 2.94. The van der Waals surface area contributed by atoms with Crippen LogP contribution in [0.4, 0.5) is 4.79 Å². The van der Waals surface area contributed by atoms with Crippen LogP contribution in [-0.4, -0.2) is 28.5 Å². The van der Waals surface area contributed by atoms with Crippen LogP contribution in [0.5, 0.6) is 11.5 Å². The average Bonchev–Trinajstić information content (AvgIpc) is 2.53. The highest BCUT2D eigenvalue weighted by Gasteiger charge is 2.31. The lowest BCUT2D eigenvalue weighted by atomic mass is 9.89. The van der Waals surface area contributed by atoms with Crippen LogP contribution in [-0.2, 0) is 0 Å². The van der Waals surface area contributed by atoms with Crippen molar-refractivity contribution in [2.24, 2.45) is 0 Å². The van der Waals surface area contributed by atoms with E-state index in [0.29, 0.717) is 12.8 Å². The first-order chi connectivity index (χ1) is 11.5. The number of amides is 1. The normalized spacial score (nSPS) is 20.7. The molecule has 1 atom stereocenters. The van der Waals surface area contributed by atoms with Crippen molar-refractivity contribution in [3.63, 3.8) is 0 Å². The summed E-state index contributed by atoms with van der Waals surface area (Å²) in [6.07, 6.45) is 0.504. The van der Waals surface area contributed by atoms with Gasteiger partial charge in [-0.2, -0.15) is 0 Å². The van der Waals surface area contributed by atoms with E-state index in [1.54, 1.807) is 12.1 Å². The van der Waals surface area contributed by atoms with E-state index in [9.17, 15) is 9.90 Å². The molecule has 0 heterocycles. The van der Waals surface area contributed by atoms with Crippen LogP contribution < -0.4 is 10.1 Å². The Bertz CT molecular complexity index is 690. The Morgan fingerprint density at radius 2 is 1.62 bits per heavy atom. The summed E-state index contributed by atoms with van der Waals surface area (Å²) >= 11 is 0. The topological polar surface area (TPSA) is 78.8 Å². The second-order valence-electron chi connectivity index (χ2n) is 6.24. The molecule has 3 N–H and O–H groups in total. The van der Waals surface area contributed by atoms with E-state index in [-0.39, 0.29) is 23.8 Å². The summed E-state index contributed by atoms with van der Waals surface area (Å²) in [6.45, 7) is 2.12. The largest absolute Gasteiger partial charge is 0.508 e. The molecule has 0 bridgehead atoms. The number of nitrogens with one attached hydrogen (secondary N) is 1. The highest BCUT2D eigenvalue weighted by molar-refractivity contribution is 5.65. The van der Waals surface area contributed by atoms with E-state index in [0.717, 1.165) is 11.3 Å². The zero-order valence-electron chi connectivity index (χ0n) is 13.5. The molecule has 126 valence electrons. The molecule has 2 aromatic carbocycles. The third kappa shape index (κ3) is 3.79. The van der Waals surface area contributed by atoms with E-state index in [1.165, 1.54) is 5.56 Å². The molecule has 5 nitrogen and oxygen atoms in total. The first-order valence-electron chi connectivity index (χ1n) is 8.06. The third-order valence-corrected chi connectivity index (χ3v) is 4.50. The quantitative estimate of drug-likeness (QED) is 0.782. The Morgan fingerprint density at radius 3 is 2.17 bits per heavy atom. The van der Waals surface area contributed by atoms with E-state index < -0.39 is 6.09 Å². The number of hydrogen-bond acceptors (Lipinski definition) is 3. The zero-order chi connectivity index (χ0) is 17.1. The number of phenolic OH excluding ortho intramolecular Hbond substituents is 1. The Hall–Kier alpha value is -2.69. The fraction of sp³-hybridized carbons (Fsp3) is 0.316. The van der Waals surface area contributed by atoms with Crippen molar-refractivity contribution < 1.29 is 19.7 Å². The van der Waals surface area contributed by atoms with Gasteiger partial charge in [0.25, 0.3) is 0 Å². The van der Waals surface area contributed by atoms with Crippen LogP contribution in [0.25, 0.3) is 0 Å². The molecule has 2 aromatic rings. The Balaban J connectivity index is 1.56. The number of carboxylic acid groups (broad SMARTS) is 1. The number of phenols is 1. The summed E-state index contributed by atoms with van der Waals surface area (Å²) in [4.78, 5) is 10.5. The van der Waals surface area contributed by atoms with Crippen molar-refractivity contribution in [3.05, 3.63) is 59.7 Å². The highest BCUT2D eigenvalue weighted by atomic mass is 16.5. The van der Waals surface area contributed by atoms with Crippen molar-refractivity contribution in [3.8, 4) is 11.5 Å². The molecule has 0 radical (unpaired) electrons. The second kappa shape index (κ2) is 6.83. The minimum absolute atomic E-state index is 0.00120. The molecule has 1 amide bonds. The molecule has 1 unspecified atom stereocenters. The van der Waals surface area contributed by atoms with Crippen molar-refractivity contribution in [2.45, 2.75) is 37.8 Å². The number of aromatic hydroxyl groups is 1. The molecular weight excluding hydrogens is 306 g/mol. The molecule has 1 aliphatic carbocycles. The number of hydrogen-bond donors (Lipinski definition) is 3. The Morgan fingerprint density at radius 1 is 1.08 bits per heavy atom. The summed E-state index contributed by atoms with van der Waals surface area (Å²) in [7, 11) is 0. The molecule has 0 saturated heterocycles. The maximum atomic E-state index is 10.5. The molecule has 0 spiro atoms. The van der Waals surface area contributed by atoms with Gasteiger partial charge in [0.2, 0.25) is 0 Å². The van der Waals surface area contributed by atoms with Gasteiger partial charge in [0, 0.05) is 24.8 Å². The molecule has 1 fully saturated rings. The maximum absolute atomic E-state index is 10.5. The standard InChI is InChI=1S/C19H21NO4/c1-12(13-2-6-16(21)7-3-13)14-4-8-17(9-5-14)24-18-10-15(11-18)20-19(22)23/h2-9,12,15,18,20-21H,10-11H2,1H3,(H,22,23). The SMILES string of the molecule is CC(c1ccc(O)cc1)c1ccc(OC2CC(NC(=O)O)C2)cc1. The molecule has 0 aromatic heterocycles. The number of carbonyl (C=O) groups is 1. The summed E-state index contributed by atoms with van der Waals surface area (Å²) < 4.78 is 5.85. The van der Waals surface area contributed by atoms with Gasteiger partial charge in [-0.15, -0.1) is 0 Å². The van der Waals surface area contributed by atoms with Gasteiger partial charge in [0.05, 0.1) is 0 Å². The second-order valence-corrected chi connectivity index (χ2v) is 6.24. The van der Waals surface area contributed by atoms with E-state index in [1.807, 2.05) is 36.4 Å². The lowest BCUT2D eigenvalue weighted by Gasteiger charge is -2.35. The smallest absolute Gasteiger partial charge is 0.404 e. The van der Waals surface area contributed by atoms with Crippen LogP contribution in [0, 0.1) is 0 Å². The van der Waals surface area contributed by atoms with Crippen molar-refractivity contribution in [2.75, 3.05) is 0 Å².